The maximum Gasteiger partial charge on any atom is 0.416 e. The van der Waals surface area contributed by atoms with Crippen molar-refractivity contribution in [2.45, 2.75) is 18.0 Å². The van der Waals surface area contributed by atoms with Gasteiger partial charge < -0.3 is 9.50 Å². The summed E-state index contributed by atoms with van der Waals surface area (Å²) in [6, 6.07) is 21.6. The molecular formula is C28H19F3N2O4S. The Morgan fingerprint density at radius 1 is 0.974 bits per heavy atom. The maximum absolute atomic E-state index is 13.0. The minimum atomic E-state index is -4.62. The summed E-state index contributed by atoms with van der Waals surface area (Å²) in [6.07, 6.45) is -3.47. The average Bonchev–Trinajstić information content (AvgIpc) is 2.87. The van der Waals surface area contributed by atoms with Crippen molar-refractivity contribution < 1.29 is 30.6 Å². The van der Waals surface area contributed by atoms with Gasteiger partial charge in [0.15, 0.2) is 5.75 Å². The molecule has 0 heterocycles. The lowest BCUT2D eigenvalue weighted by atomic mass is 10.0. The number of halogens is 3. The molecule has 0 aromatic heterocycles. The normalized spacial score (nSPS) is 12.1. The highest BCUT2D eigenvalue weighted by Crippen LogP contribution is 2.33. The van der Waals surface area contributed by atoms with Crippen LogP contribution >= 0.6 is 0 Å². The lowest BCUT2D eigenvalue weighted by molar-refractivity contribution is -0.137. The molecule has 0 fully saturated rings. The molecule has 4 aromatic rings. The van der Waals surface area contributed by atoms with E-state index in [0.29, 0.717) is 10.8 Å². The van der Waals surface area contributed by atoms with Crippen LogP contribution < -0.4 is 9.50 Å². The van der Waals surface area contributed by atoms with Crippen molar-refractivity contribution in [1.29, 1.82) is 5.26 Å². The van der Waals surface area contributed by atoms with Gasteiger partial charge in [-0.2, -0.15) is 26.9 Å². The standard InChI is InChI=1S/C28H19F3N2O4S/c1-18-9-12-23(13-10-18)38(35,36)37-26-14-11-19-5-2-3-8-24(19)25(26)15-20(17-32)27(34)33-22-7-4-6-21(16-22)28(29,30)31/h2-16H,1H3,(H,33,34)/b20-15+. The quantitative estimate of drug-likeness (QED) is 0.173. The van der Waals surface area contributed by atoms with E-state index in [0.717, 1.165) is 29.8 Å². The van der Waals surface area contributed by atoms with E-state index in [1.807, 2.05) is 0 Å². The Balaban J connectivity index is 1.75. The highest BCUT2D eigenvalue weighted by atomic mass is 32.2. The zero-order valence-corrected chi connectivity index (χ0v) is 20.6. The van der Waals surface area contributed by atoms with Gasteiger partial charge in [0.1, 0.15) is 16.5 Å². The number of amides is 1. The molecule has 0 bridgehead atoms. The number of aryl methyl sites for hydroxylation is 1. The summed E-state index contributed by atoms with van der Waals surface area (Å²) >= 11 is 0. The molecule has 38 heavy (non-hydrogen) atoms. The summed E-state index contributed by atoms with van der Waals surface area (Å²) in [5, 5.41) is 13.1. The lowest BCUT2D eigenvalue weighted by Gasteiger charge is -2.13. The second-order valence-electron chi connectivity index (χ2n) is 8.25. The number of carbonyl (C=O) groups excluding carboxylic acids is 1. The summed E-state index contributed by atoms with van der Waals surface area (Å²) in [5.41, 5.74) is -0.624. The Hall–Kier alpha value is -4.62. The third-order valence-corrected chi connectivity index (χ3v) is 6.79. The smallest absolute Gasteiger partial charge is 0.378 e. The van der Waals surface area contributed by atoms with Crippen LogP contribution in [0.4, 0.5) is 18.9 Å². The zero-order chi connectivity index (χ0) is 27.5. The predicted octanol–water partition coefficient (Wildman–Crippen LogP) is 6.48. The van der Waals surface area contributed by atoms with E-state index >= 15 is 0 Å². The maximum atomic E-state index is 13.0. The molecule has 192 valence electrons. The molecule has 0 aliphatic carbocycles. The van der Waals surface area contributed by atoms with Crippen LogP contribution in [0, 0.1) is 18.3 Å². The van der Waals surface area contributed by atoms with Gasteiger partial charge in [-0.15, -0.1) is 0 Å². The number of nitriles is 1. The third-order valence-electron chi connectivity index (χ3n) is 5.54. The molecule has 0 radical (unpaired) electrons. The molecule has 0 saturated carbocycles. The summed E-state index contributed by atoms with van der Waals surface area (Å²) < 4.78 is 70.5. The first-order chi connectivity index (χ1) is 18.0. The van der Waals surface area contributed by atoms with Crippen LogP contribution in [0.2, 0.25) is 0 Å². The van der Waals surface area contributed by atoms with E-state index < -0.39 is 33.3 Å². The third kappa shape index (κ3) is 5.85. The second-order valence-corrected chi connectivity index (χ2v) is 9.80. The molecule has 0 unspecified atom stereocenters. The van der Waals surface area contributed by atoms with Crippen molar-refractivity contribution >= 4 is 38.6 Å². The van der Waals surface area contributed by atoms with Crippen molar-refractivity contribution in [3.63, 3.8) is 0 Å². The van der Waals surface area contributed by atoms with Gasteiger partial charge in [0.25, 0.3) is 5.91 Å². The summed E-state index contributed by atoms with van der Waals surface area (Å²) in [5.74, 6) is -1.11. The highest BCUT2D eigenvalue weighted by Gasteiger charge is 2.30. The van der Waals surface area contributed by atoms with Crippen LogP contribution in [0.15, 0.2) is 95.4 Å². The van der Waals surface area contributed by atoms with Gasteiger partial charge in [-0.3, -0.25) is 4.79 Å². The van der Waals surface area contributed by atoms with E-state index in [2.05, 4.69) is 5.32 Å². The number of hydrogen-bond acceptors (Lipinski definition) is 5. The molecule has 1 amide bonds. The van der Waals surface area contributed by atoms with Gasteiger partial charge in [0, 0.05) is 11.3 Å². The number of hydrogen-bond donors (Lipinski definition) is 1. The molecule has 10 heteroatoms. The predicted molar refractivity (Wildman–Crippen MR) is 137 cm³/mol. The first-order valence-corrected chi connectivity index (χ1v) is 12.5. The highest BCUT2D eigenvalue weighted by molar-refractivity contribution is 7.87. The fourth-order valence-electron chi connectivity index (χ4n) is 3.63. The van der Waals surface area contributed by atoms with Crippen LogP contribution in [0.5, 0.6) is 5.75 Å². The van der Waals surface area contributed by atoms with Crippen molar-refractivity contribution in [2.24, 2.45) is 0 Å². The average molecular weight is 537 g/mol. The Labute approximate surface area is 216 Å². The molecule has 6 nitrogen and oxygen atoms in total. The van der Waals surface area contributed by atoms with Gasteiger partial charge in [0.05, 0.1) is 5.56 Å². The molecule has 0 aliphatic heterocycles. The van der Waals surface area contributed by atoms with E-state index in [-0.39, 0.29) is 21.9 Å². The molecule has 0 atom stereocenters. The zero-order valence-electron chi connectivity index (χ0n) is 19.8. The molecule has 4 aromatic carbocycles. The summed E-state index contributed by atoms with van der Waals surface area (Å²) in [4.78, 5) is 12.8. The number of fused-ring (bicyclic) bond motifs is 1. The van der Waals surface area contributed by atoms with Crippen LogP contribution in [0.25, 0.3) is 16.8 Å². The second kappa shape index (κ2) is 10.4. The molecule has 1 N–H and O–H groups in total. The van der Waals surface area contributed by atoms with E-state index in [1.165, 1.54) is 24.3 Å². The molecule has 0 saturated heterocycles. The molecule has 0 spiro atoms. The number of nitrogens with zero attached hydrogens (tertiary/aromatic N) is 1. The monoisotopic (exact) mass is 536 g/mol. The summed E-state index contributed by atoms with van der Waals surface area (Å²) in [6.45, 7) is 1.80. The molecular weight excluding hydrogens is 517 g/mol. The first-order valence-electron chi connectivity index (χ1n) is 11.1. The van der Waals surface area contributed by atoms with Crippen molar-refractivity contribution in [3.05, 3.63) is 107 Å². The van der Waals surface area contributed by atoms with Crippen LogP contribution in [-0.4, -0.2) is 14.3 Å². The van der Waals surface area contributed by atoms with E-state index in [4.69, 9.17) is 4.18 Å². The van der Waals surface area contributed by atoms with Crippen LogP contribution in [0.3, 0.4) is 0 Å². The lowest BCUT2D eigenvalue weighted by Crippen LogP contribution is -2.15. The SMILES string of the molecule is Cc1ccc(S(=O)(=O)Oc2ccc3ccccc3c2/C=C(\C#N)C(=O)Nc2cccc(C(F)(F)F)c2)cc1. The number of alkyl halides is 3. The van der Waals surface area contributed by atoms with Crippen molar-refractivity contribution in [1.82, 2.24) is 0 Å². The molecule has 0 aliphatic rings. The Morgan fingerprint density at radius 3 is 2.37 bits per heavy atom. The Bertz CT molecular complexity index is 1710. The van der Waals surface area contributed by atoms with Crippen molar-refractivity contribution in [2.75, 3.05) is 5.32 Å². The summed E-state index contributed by atoms with van der Waals surface area (Å²) in [7, 11) is -4.27. The number of carbonyl (C=O) groups is 1. The fraction of sp³-hybridized carbons (Fsp3) is 0.0714. The van der Waals surface area contributed by atoms with Gasteiger partial charge in [-0.1, -0.05) is 54.1 Å². The minimum Gasteiger partial charge on any atom is -0.378 e. The topological polar surface area (TPSA) is 96.3 Å². The van der Waals surface area contributed by atoms with Crippen molar-refractivity contribution in [3.8, 4) is 11.8 Å². The number of anilines is 1. The van der Waals surface area contributed by atoms with Gasteiger partial charge in [-0.25, -0.2) is 0 Å². The first kappa shape index (κ1) is 26.4. The minimum absolute atomic E-state index is 0.0889. The fourth-order valence-corrected chi connectivity index (χ4v) is 4.58. The number of rotatable bonds is 6. The van der Waals surface area contributed by atoms with Gasteiger partial charge in [-0.05, 0) is 60.2 Å². The number of benzene rings is 4. The Morgan fingerprint density at radius 2 is 1.68 bits per heavy atom. The largest absolute Gasteiger partial charge is 0.416 e. The van der Waals surface area contributed by atoms with Gasteiger partial charge >= 0.3 is 16.3 Å². The number of nitrogens with one attached hydrogen (secondary N) is 1. The van der Waals surface area contributed by atoms with Crippen LogP contribution in [0.1, 0.15) is 16.7 Å². The van der Waals surface area contributed by atoms with E-state index in [9.17, 15) is 31.6 Å². The molecule has 4 rings (SSSR count). The Kier molecular flexibility index (Phi) is 7.23. The van der Waals surface area contributed by atoms with E-state index in [1.54, 1.807) is 55.5 Å². The van der Waals surface area contributed by atoms with Gasteiger partial charge in [0.2, 0.25) is 0 Å². The van der Waals surface area contributed by atoms with Crippen LogP contribution in [-0.2, 0) is 21.1 Å².